The van der Waals surface area contributed by atoms with E-state index < -0.39 is 0 Å². The van der Waals surface area contributed by atoms with E-state index in [9.17, 15) is 0 Å². The van der Waals surface area contributed by atoms with Crippen LogP contribution in [0.15, 0.2) is 47.1 Å². The van der Waals surface area contributed by atoms with Crippen molar-refractivity contribution in [3.05, 3.63) is 59.5 Å². The summed E-state index contributed by atoms with van der Waals surface area (Å²) < 4.78 is 5.48. The molecule has 2 aromatic rings. The van der Waals surface area contributed by atoms with Gasteiger partial charge < -0.3 is 9.73 Å². The van der Waals surface area contributed by atoms with Crippen molar-refractivity contribution in [1.29, 1.82) is 0 Å². The molecular formula is C16H21NO. The van der Waals surface area contributed by atoms with Crippen LogP contribution < -0.4 is 5.32 Å². The molecule has 1 unspecified atom stereocenters. The molecule has 0 saturated heterocycles. The molecule has 1 aromatic heterocycles. The summed E-state index contributed by atoms with van der Waals surface area (Å²) in [7, 11) is 1.95. The van der Waals surface area contributed by atoms with Crippen LogP contribution in [0.25, 0.3) is 0 Å². The van der Waals surface area contributed by atoms with Gasteiger partial charge in [0.1, 0.15) is 5.76 Å². The monoisotopic (exact) mass is 243 g/mol. The molecule has 1 atom stereocenters. The van der Waals surface area contributed by atoms with Gasteiger partial charge in [0.2, 0.25) is 0 Å². The zero-order chi connectivity index (χ0) is 13.2. The summed E-state index contributed by atoms with van der Waals surface area (Å²) in [4.78, 5) is 0. The second kappa shape index (κ2) is 4.99. The maximum absolute atomic E-state index is 5.48. The Kier molecular flexibility index (Phi) is 3.58. The summed E-state index contributed by atoms with van der Waals surface area (Å²) in [5.41, 5.74) is 2.76. The van der Waals surface area contributed by atoms with Crippen LogP contribution in [-0.2, 0) is 5.41 Å². The topological polar surface area (TPSA) is 25.2 Å². The fourth-order valence-corrected chi connectivity index (χ4v) is 2.10. The molecule has 2 heteroatoms. The van der Waals surface area contributed by atoms with Gasteiger partial charge >= 0.3 is 0 Å². The van der Waals surface area contributed by atoms with E-state index in [0.717, 1.165) is 5.76 Å². The lowest BCUT2D eigenvalue weighted by atomic mass is 9.86. The Hall–Kier alpha value is -1.54. The molecule has 0 radical (unpaired) electrons. The molecule has 0 aliphatic rings. The van der Waals surface area contributed by atoms with Crippen molar-refractivity contribution in [3.8, 4) is 0 Å². The van der Waals surface area contributed by atoms with Gasteiger partial charge in [-0.3, -0.25) is 0 Å². The smallest absolute Gasteiger partial charge is 0.125 e. The molecule has 1 heterocycles. The third kappa shape index (κ3) is 2.65. The van der Waals surface area contributed by atoms with E-state index in [1.54, 1.807) is 6.26 Å². The molecule has 2 rings (SSSR count). The van der Waals surface area contributed by atoms with Gasteiger partial charge in [-0.25, -0.2) is 0 Å². The lowest BCUT2D eigenvalue weighted by Crippen LogP contribution is -2.17. The molecule has 0 spiro atoms. The second-order valence-electron chi connectivity index (χ2n) is 5.61. The standard InChI is InChI=1S/C16H21NO/c1-16(2,3)13-9-7-12(8-10-13)15(17-4)14-6-5-11-18-14/h5-11,15,17H,1-4H3. The van der Waals surface area contributed by atoms with Crippen LogP contribution in [0.3, 0.4) is 0 Å². The first-order chi connectivity index (χ1) is 8.52. The van der Waals surface area contributed by atoms with E-state index in [1.165, 1.54) is 11.1 Å². The summed E-state index contributed by atoms with van der Waals surface area (Å²) in [5.74, 6) is 0.945. The number of hydrogen-bond acceptors (Lipinski definition) is 2. The molecule has 0 aliphatic heterocycles. The predicted octanol–water partition coefficient (Wildman–Crippen LogP) is 3.89. The van der Waals surface area contributed by atoms with Crippen molar-refractivity contribution in [1.82, 2.24) is 5.32 Å². The number of nitrogens with one attached hydrogen (secondary N) is 1. The van der Waals surface area contributed by atoms with Crippen LogP contribution >= 0.6 is 0 Å². The Labute approximate surface area is 109 Å². The molecule has 18 heavy (non-hydrogen) atoms. The number of benzene rings is 1. The summed E-state index contributed by atoms with van der Waals surface area (Å²) >= 11 is 0. The average molecular weight is 243 g/mol. The Morgan fingerprint density at radius 2 is 1.72 bits per heavy atom. The van der Waals surface area contributed by atoms with Crippen LogP contribution in [0.5, 0.6) is 0 Å². The van der Waals surface area contributed by atoms with Crippen LogP contribution in [0.1, 0.15) is 43.7 Å². The van der Waals surface area contributed by atoms with E-state index in [-0.39, 0.29) is 11.5 Å². The summed E-state index contributed by atoms with van der Waals surface area (Å²) in [6.45, 7) is 6.68. The fraction of sp³-hybridized carbons (Fsp3) is 0.375. The first kappa shape index (κ1) is 12.9. The van der Waals surface area contributed by atoms with Gasteiger partial charge in [0.15, 0.2) is 0 Å². The SMILES string of the molecule is CNC(c1ccc(C(C)(C)C)cc1)c1ccco1. The van der Waals surface area contributed by atoms with Crippen molar-refractivity contribution >= 4 is 0 Å². The summed E-state index contributed by atoms with van der Waals surface area (Å²) in [6, 6.07) is 12.8. The molecule has 1 N–H and O–H groups in total. The zero-order valence-corrected chi connectivity index (χ0v) is 11.5. The van der Waals surface area contributed by atoms with Crippen molar-refractivity contribution in [2.75, 3.05) is 7.05 Å². The Balaban J connectivity index is 2.28. The van der Waals surface area contributed by atoms with Gasteiger partial charge in [-0.15, -0.1) is 0 Å². The Morgan fingerprint density at radius 3 is 2.17 bits per heavy atom. The first-order valence-corrected chi connectivity index (χ1v) is 6.33. The highest BCUT2D eigenvalue weighted by Crippen LogP contribution is 2.26. The van der Waals surface area contributed by atoms with Crippen LogP contribution in [-0.4, -0.2) is 7.05 Å². The van der Waals surface area contributed by atoms with E-state index in [2.05, 4.69) is 50.4 Å². The van der Waals surface area contributed by atoms with Crippen molar-refractivity contribution < 1.29 is 4.42 Å². The molecule has 0 bridgehead atoms. The van der Waals surface area contributed by atoms with Gasteiger partial charge in [0.05, 0.1) is 12.3 Å². The van der Waals surface area contributed by atoms with Crippen molar-refractivity contribution in [2.45, 2.75) is 32.2 Å². The molecule has 0 fully saturated rings. The van der Waals surface area contributed by atoms with Crippen molar-refractivity contribution in [3.63, 3.8) is 0 Å². The number of rotatable bonds is 3. The maximum atomic E-state index is 5.48. The average Bonchev–Trinajstić information content (AvgIpc) is 2.83. The van der Waals surface area contributed by atoms with Gasteiger partial charge in [-0.2, -0.15) is 0 Å². The zero-order valence-electron chi connectivity index (χ0n) is 11.5. The maximum Gasteiger partial charge on any atom is 0.125 e. The molecular weight excluding hydrogens is 222 g/mol. The quantitative estimate of drug-likeness (QED) is 0.884. The van der Waals surface area contributed by atoms with Gasteiger partial charge in [-0.05, 0) is 35.7 Å². The highest BCUT2D eigenvalue weighted by molar-refractivity contribution is 5.32. The van der Waals surface area contributed by atoms with Gasteiger partial charge in [0.25, 0.3) is 0 Å². The molecule has 0 amide bonds. The Morgan fingerprint density at radius 1 is 1.06 bits per heavy atom. The molecule has 0 saturated carbocycles. The normalized spacial score (nSPS) is 13.6. The summed E-state index contributed by atoms with van der Waals surface area (Å²) in [6.07, 6.45) is 1.71. The lowest BCUT2D eigenvalue weighted by Gasteiger charge is -2.20. The molecule has 0 aliphatic carbocycles. The van der Waals surface area contributed by atoms with Crippen LogP contribution in [0.4, 0.5) is 0 Å². The van der Waals surface area contributed by atoms with Crippen LogP contribution in [0, 0.1) is 0 Å². The minimum absolute atomic E-state index is 0.119. The van der Waals surface area contributed by atoms with Gasteiger partial charge in [-0.1, -0.05) is 45.0 Å². The summed E-state index contributed by atoms with van der Waals surface area (Å²) in [5, 5.41) is 3.29. The third-order valence-corrected chi connectivity index (χ3v) is 3.23. The van der Waals surface area contributed by atoms with E-state index in [1.807, 2.05) is 19.2 Å². The minimum Gasteiger partial charge on any atom is -0.467 e. The highest BCUT2D eigenvalue weighted by atomic mass is 16.3. The molecule has 2 nitrogen and oxygen atoms in total. The first-order valence-electron chi connectivity index (χ1n) is 6.33. The molecule has 96 valence electrons. The predicted molar refractivity (Wildman–Crippen MR) is 74.8 cm³/mol. The highest BCUT2D eigenvalue weighted by Gasteiger charge is 2.17. The minimum atomic E-state index is 0.119. The number of furan rings is 1. The molecule has 1 aromatic carbocycles. The van der Waals surface area contributed by atoms with Gasteiger partial charge in [0, 0.05) is 0 Å². The lowest BCUT2D eigenvalue weighted by molar-refractivity contribution is 0.463. The van der Waals surface area contributed by atoms with Crippen LogP contribution in [0.2, 0.25) is 0 Å². The second-order valence-corrected chi connectivity index (χ2v) is 5.61. The third-order valence-electron chi connectivity index (χ3n) is 3.23. The van der Waals surface area contributed by atoms with E-state index in [0.29, 0.717) is 0 Å². The fourth-order valence-electron chi connectivity index (χ4n) is 2.10. The largest absolute Gasteiger partial charge is 0.467 e. The Bertz CT molecular complexity index is 477. The number of hydrogen-bond donors (Lipinski definition) is 1. The van der Waals surface area contributed by atoms with E-state index >= 15 is 0 Å². The van der Waals surface area contributed by atoms with E-state index in [4.69, 9.17) is 4.42 Å². The van der Waals surface area contributed by atoms with Crippen molar-refractivity contribution in [2.24, 2.45) is 0 Å².